The number of halogens is 1. The molecular formula is C19H28ClN3O2. The van der Waals surface area contributed by atoms with Crippen LogP contribution in [0.3, 0.4) is 0 Å². The third-order valence-electron chi connectivity index (χ3n) is 4.91. The Kier molecular flexibility index (Phi) is 7.72. The number of carbonyl (C=O) groups excluding carboxylic acids is 2. The van der Waals surface area contributed by atoms with E-state index in [9.17, 15) is 9.59 Å². The molecule has 0 radical (unpaired) electrons. The Hall–Kier alpha value is -1.59. The summed E-state index contributed by atoms with van der Waals surface area (Å²) >= 11 is 5.81. The standard InChI is InChI=1S/C19H28ClN3O2/c20-15-6-8-16(9-7-15)23-17(24)5-4-12-22-18(25)13-19(14-21)10-2-1-3-11-19/h6-9H,1-5,10-14,21H2,(H,22,25)(H,23,24). The van der Waals surface area contributed by atoms with Crippen molar-refractivity contribution >= 4 is 29.1 Å². The molecule has 0 aliphatic heterocycles. The van der Waals surface area contributed by atoms with Crippen molar-refractivity contribution in [1.82, 2.24) is 5.32 Å². The second-order valence-electron chi connectivity index (χ2n) is 6.95. The minimum atomic E-state index is -0.0673. The molecule has 1 aliphatic carbocycles. The zero-order valence-corrected chi connectivity index (χ0v) is 15.4. The highest BCUT2D eigenvalue weighted by Crippen LogP contribution is 2.38. The molecule has 0 aromatic heterocycles. The first-order valence-electron chi connectivity index (χ1n) is 9.05. The van der Waals surface area contributed by atoms with E-state index < -0.39 is 0 Å². The van der Waals surface area contributed by atoms with Gasteiger partial charge >= 0.3 is 0 Å². The van der Waals surface area contributed by atoms with Crippen molar-refractivity contribution in [3.63, 3.8) is 0 Å². The minimum Gasteiger partial charge on any atom is -0.356 e. The Bertz CT molecular complexity index is 569. The number of carbonyl (C=O) groups is 2. The van der Waals surface area contributed by atoms with E-state index in [0.29, 0.717) is 37.4 Å². The number of anilines is 1. The number of benzene rings is 1. The fraction of sp³-hybridized carbons (Fsp3) is 0.579. The normalized spacial score (nSPS) is 16.2. The highest BCUT2D eigenvalue weighted by Gasteiger charge is 2.32. The molecule has 0 spiro atoms. The molecular weight excluding hydrogens is 338 g/mol. The summed E-state index contributed by atoms with van der Waals surface area (Å²) in [6.45, 7) is 1.08. The van der Waals surface area contributed by atoms with Crippen molar-refractivity contribution in [2.24, 2.45) is 11.1 Å². The molecule has 5 nitrogen and oxygen atoms in total. The van der Waals surface area contributed by atoms with E-state index in [1.165, 1.54) is 6.42 Å². The molecule has 2 amide bonds. The molecule has 0 atom stereocenters. The fourth-order valence-corrected chi connectivity index (χ4v) is 3.52. The molecule has 2 rings (SSSR count). The summed E-state index contributed by atoms with van der Waals surface area (Å²) in [6, 6.07) is 6.99. The number of amides is 2. The van der Waals surface area contributed by atoms with Crippen LogP contribution in [0.2, 0.25) is 5.02 Å². The molecule has 25 heavy (non-hydrogen) atoms. The maximum atomic E-state index is 12.2. The van der Waals surface area contributed by atoms with Gasteiger partial charge in [-0.05, 0) is 55.5 Å². The molecule has 138 valence electrons. The topological polar surface area (TPSA) is 84.2 Å². The Balaban J connectivity index is 1.63. The summed E-state index contributed by atoms with van der Waals surface area (Å²) in [5, 5.41) is 6.37. The quantitative estimate of drug-likeness (QED) is 0.616. The second kappa shape index (κ2) is 9.78. The van der Waals surface area contributed by atoms with Crippen LogP contribution in [0.4, 0.5) is 5.69 Å². The molecule has 1 fully saturated rings. The molecule has 0 heterocycles. The van der Waals surface area contributed by atoms with Crippen LogP contribution in [0.15, 0.2) is 24.3 Å². The molecule has 4 N–H and O–H groups in total. The van der Waals surface area contributed by atoms with Crippen LogP contribution in [0, 0.1) is 5.41 Å². The van der Waals surface area contributed by atoms with Gasteiger partial charge < -0.3 is 16.4 Å². The number of hydrogen-bond acceptors (Lipinski definition) is 3. The van der Waals surface area contributed by atoms with Crippen molar-refractivity contribution < 1.29 is 9.59 Å². The lowest BCUT2D eigenvalue weighted by molar-refractivity contribution is -0.124. The lowest BCUT2D eigenvalue weighted by Crippen LogP contribution is -2.38. The van der Waals surface area contributed by atoms with Gasteiger partial charge in [-0.1, -0.05) is 30.9 Å². The van der Waals surface area contributed by atoms with Crippen LogP contribution in [0.25, 0.3) is 0 Å². The maximum absolute atomic E-state index is 12.2. The van der Waals surface area contributed by atoms with Gasteiger partial charge in [0.15, 0.2) is 0 Å². The van der Waals surface area contributed by atoms with Crippen molar-refractivity contribution in [2.45, 2.75) is 51.4 Å². The maximum Gasteiger partial charge on any atom is 0.224 e. The van der Waals surface area contributed by atoms with Gasteiger partial charge in [0.2, 0.25) is 11.8 Å². The first-order valence-corrected chi connectivity index (χ1v) is 9.43. The van der Waals surface area contributed by atoms with E-state index in [-0.39, 0.29) is 17.2 Å². The largest absolute Gasteiger partial charge is 0.356 e. The van der Waals surface area contributed by atoms with E-state index in [0.717, 1.165) is 31.4 Å². The van der Waals surface area contributed by atoms with Crippen LogP contribution < -0.4 is 16.4 Å². The highest BCUT2D eigenvalue weighted by molar-refractivity contribution is 6.30. The predicted octanol–water partition coefficient (Wildman–Crippen LogP) is 3.47. The van der Waals surface area contributed by atoms with Crippen LogP contribution in [-0.2, 0) is 9.59 Å². The smallest absolute Gasteiger partial charge is 0.224 e. The van der Waals surface area contributed by atoms with Gasteiger partial charge in [-0.2, -0.15) is 0 Å². The third kappa shape index (κ3) is 6.67. The fourth-order valence-electron chi connectivity index (χ4n) is 3.39. The van der Waals surface area contributed by atoms with Crippen LogP contribution in [-0.4, -0.2) is 24.9 Å². The van der Waals surface area contributed by atoms with E-state index in [4.69, 9.17) is 17.3 Å². The molecule has 1 aromatic rings. The Morgan fingerprint density at radius 3 is 2.40 bits per heavy atom. The summed E-state index contributed by atoms with van der Waals surface area (Å²) in [4.78, 5) is 24.0. The van der Waals surface area contributed by atoms with Gasteiger partial charge in [-0.15, -0.1) is 0 Å². The number of rotatable bonds is 8. The molecule has 0 saturated heterocycles. The summed E-state index contributed by atoms with van der Waals surface area (Å²) < 4.78 is 0. The van der Waals surface area contributed by atoms with Gasteiger partial charge in [0.05, 0.1) is 0 Å². The molecule has 0 bridgehead atoms. The summed E-state index contributed by atoms with van der Waals surface area (Å²) in [7, 11) is 0. The van der Waals surface area contributed by atoms with Crippen molar-refractivity contribution in [3.8, 4) is 0 Å². The van der Waals surface area contributed by atoms with Gasteiger partial charge in [0, 0.05) is 30.1 Å². The van der Waals surface area contributed by atoms with E-state index in [2.05, 4.69) is 10.6 Å². The minimum absolute atomic E-state index is 0.0196. The van der Waals surface area contributed by atoms with Crippen molar-refractivity contribution in [3.05, 3.63) is 29.3 Å². The monoisotopic (exact) mass is 365 g/mol. The van der Waals surface area contributed by atoms with E-state index >= 15 is 0 Å². The van der Waals surface area contributed by atoms with Crippen molar-refractivity contribution in [2.75, 3.05) is 18.4 Å². The highest BCUT2D eigenvalue weighted by atomic mass is 35.5. The van der Waals surface area contributed by atoms with Crippen LogP contribution in [0.5, 0.6) is 0 Å². The van der Waals surface area contributed by atoms with E-state index in [1.807, 2.05) is 0 Å². The molecule has 1 aromatic carbocycles. The number of nitrogens with two attached hydrogens (primary N) is 1. The van der Waals surface area contributed by atoms with Gasteiger partial charge in [0.1, 0.15) is 0 Å². The van der Waals surface area contributed by atoms with Gasteiger partial charge in [-0.3, -0.25) is 9.59 Å². The number of nitrogens with one attached hydrogen (secondary N) is 2. The third-order valence-corrected chi connectivity index (χ3v) is 5.17. The zero-order chi connectivity index (χ0) is 18.1. The van der Waals surface area contributed by atoms with Crippen LogP contribution in [0.1, 0.15) is 51.4 Å². The Morgan fingerprint density at radius 2 is 1.76 bits per heavy atom. The van der Waals surface area contributed by atoms with Gasteiger partial charge in [0.25, 0.3) is 0 Å². The summed E-state index contributed by atoms with van der Waals surface area (Å²) in [6.07, 6.45) is 7.13. The lowest BCUT2D eigenvalue weighted by atomic mass is 9.71. The molecule has 1 saturated carbocycles. The summed E-state index contributed by atoms with van der Waals surface area (Å²) in [5.74, 6) is -0.0206. The second-order valence-corrected chi connectivity index (χ2v) is 7.39. The molecule has 6 heteroatoms. The van der Waals surface area contributed by atoms with Gasteiger partial charge in [-0.25, -0.2) is 0 Å². The Labute approximate surface area is 154 Å². The van der Waals surface area contributed by atoms with Crippen LogP contribution >= 0.6 is 11.6 Å². The average Bonchev–Trinajstić information content (AvgIpc) is 2.61. The predicted molar refractivity (Wildman–Crippen MR) is 102 cm³/mol. The molecule has 0 unspecified atom stereocenters. The SMILES string of the molecule is NCC1(CC(=O)NCCCC(=O)Nc2ccc(Cl)cc2)CCCCC1. The zero-order valence-electron chi connectivity index (χ0n) is 14.7. The lowest BCUT2D eigenvalue weighted by Gasteiger charge is -2.35. The van der Waals surface area contributed by atoms with E-state index in [1.54, 1.807) is 24.3 Å². The summed E-state index contributed by atoms with van der Waals surface area (Å²) in [5.41, 5.74) is 6.63. The molecule has 1 aliphatic rings. The Morgan fingerprint density at radius 1 is 1.08 bits per heavy atom. The average molecular weight is 366 g/mol. The first-order chi connectivity index (χ1) is 12.0. The van der Waals surface area contributed by atoms with Crippen molar-refractivity contribution in [1.29, 1.82) is 0 Å². The first kappa shape index (κ1) is 19.7. The number of hydrogen-bond donors (Lipinski definition) is 3.